The summed E-state index contributed by atoms with van der Waals surface area (Å²) in [5.41, 5.74) is 0.0728. The van der Waals surface area contributed by atoms with E-state index in [1.165, 1.54) is 17.4 Å². The molecule has 2 N–H and O–H groups in total. The molecule has 1 amide bonds. The van der Waals surface area contributed by atoms with Gasteiger partial charge in [-0.15, -0.1) is 11.3 Å². The minimum absolute atomic E-state index is 0.0728. The monoisotopic (exact) mass is 325 g/mol. The highest BCUT2D eigenvalue weighted by molar-refractivity contribution is 7.16. The molecule has 5 nitrogen and oxygen atoms in total. The second kappa shape index (κ2) is 6.60. The van der Waals surface area contributed by atoms with Crippen LogP contribution in [0.5, 0.6) is 5.75 Å². The Morgan fingerprint density at radius 1 is 1.38 bits per heavy atom. The van der Waals surface area contributed by atoms with Crippen molar-refractivity contribution in [3.05, 3.63) is 45.8 Å². The third-order valence-corrected chi connectivity index (χ3v) is 3.81. The lowest BCUT2D eigenvalue weighted by molar-refractivity contribution is -0.118. The third kappa shape index (κ3) is 3.96. The molecule has 1 aromatic carbocycles. The molecule has 1 heterocycles. The highest BCUT2D eigenvalue weighted by atomic mass is 35.5. The number of anilines is 1. The Hall–Kier alpha value is -2.05. The van der Waals surface area contributed by atoms with Crippen LogP contribution in [0.15, 0.2) is 30.3 Å². The van der Waals surface area contributed by atoms with E-state index in [2.05, 4.69) is 5.32 Å². The molecule has 2 aromatic rings. The van der Waals surface area contributed by atoms with Crippen molar-refractivity contribution in [2.45, 2.75) is 6.92 Å². The lowest BCUT2D eigenvalue weighted by atomic mass is 10.3. The number of carboxylic acids is 1. The van der Waals surface area contributed by atoms with Gasteiger partial charge in [-0.2, -0.15) is 0 Å². The number of aryl methyl sites for hydroxylation is 1. The third-order valence-electron chi connectivity index (χ3n) is 2.53. The Morgan fingerprint density at radius 2 is 2.10 bits per heavy atom. The van der Waals surface area contributed by atoms with Gasteiger partial charge in [0.15, 0.2) is 6.61 Å². The van der Waals surface area contributed by atoms with E-state index in [0.717, 1.165) is 4.88 Å². The summed E-state index contributed by atoms with van der Waals surface area (Å²) in [6.45, 7) is 1.52. The molecule has 2 rings (SSSR count). The van der Waals surface area contributed by atoms with Crippen LogP contribution >= 0.6 is 22.9 Å². The molecule has 0 saturated heterocycles. The first kappa shape index (κ1) is 15.3. The molecule has 0 atom stereocenters. The lowest BCUT2D eigenvalue weighted by Crippen LogP contribution is -2.20. The molecular weight excluding hydrogens is 314 g/mol. The van der Waals surface area contributed by atoms with E-state index in [1.807, 2.05) is 0 Å². The van der Waals surface area contributed by atoms with E-state index >= 15 is 0 Å². The number of carbonyl (C=O) groups excluding carboxylic acids is 1. The van der Waals surface area contributed by atoms with Gasteiger partial charge in [0.1, 0.15) is 10.8 Å². The van der Waals surface area contributed by atoms with Gasteiger partial charge in [-0.05, 0) is 25.1 Å². The number of hydrogen-bond acceptors (Lipinski definition) is 4. The molecule has 0 fully saturated rings. The molecule has 0 aliphatic heterocycles. The van der Waals surface area contributed by atoms with Crippen LogP contribution in [0.3, 0.4) is 0 Å². The fourth-order valence-electron chi connectivity index (χ4n) is 1.63. The van der Waals surface area contributed by atoms with E-state index in [0.29, 0.717) is 15.8 Å². The zero-order chi connectivity index (χ0) is 15.4. The van der Waals surface area contributed by atoms with Gasteiger partial charge in [0.25, 0.3) is 5.91 Å². The SMILES string of the molecule is Cc1cc(C(=O)O)c(NC(=O)COc2ccccc2Cl)s1. The fraction of sp³-hybridized carbons (Fsp3) is 0.143. The van der Waals surface area contributed by atoms with Crippen molar-refractivity contribution in [1.82, 2.24) is 0 Å². The summed E-state index contributed by atoms with van der Waals surface area (Å²) in [5, 5.41) is 12.3. The van der Waals surface area contributed by atoms with Crippen LogP contribution in [-0.4, -0.2) is 23.6 Å². The maximum absolute atomic E-state index is 11.8. The molecule has 0 aliphatic rings. The number of rotatable bonds is 5. The summed E-state index contributed by atoms with van der Waals surface area (Å²) in [4.78, 5) is 23.7. The minimum Gasteiger partial charge on any atom is -0.482 e. The van der Waals surface area contributed by atoms with Crippen molar-refractivity contribution >= 4 is 39.8 Å². The fourth-order valence-corrected chi connectivity index (χ4v) is 2.74. The molecule has 0 saturated carbocycles. The second-order valence-electron chi connectivity index (χ2n) is 4.17. The summed E-state index contributed by atoms with van der Waals surface area (Å²) < 4.78 is 5.29. The van der Waals surface area contributed by atoms with E-state index in [-0.39, 0.29) is 12.2 Å². The first-order valence-corrected chi connectivity index (χ1v) is 7.17. The molecule has 21 heavy (non-hydrogen) atoms. The van der Waals surface area contributed by atoms with Gasteiger partial charge in [-0.3, -0.25) is 4.79 Å². The number of halogens is 1. The van der Waals surface area contributed by atoms with Gasteiger partial charge in [-0.25, -0.2) is 4.79 Å². The normalized spacial score (nSPS) is 10.2. The van der Waals surface area contributed by atoms with Crippen molar-refractivity contribution in [2.75, 3.05) is 11.9 Å². The summed E-state index contributed by atoms with van der Waals surface area (Å²) in [7, 11) is 0. The van der Waals surface area contributed by atoms with Crippen molar-refractivity contribution in [3.63, 3.8) is 0 Å². The van der Waals surface area contributed by atoms with Crippen LogP contribution in [0.25, 0.3) is 0 Å². The molecule has 0 spiro atoms. The van der Waals surface area contributed by atoms with Crippen LogP contribution in [0.2, 0.25) is 5.02 Å². The molecule has 0 aliphatic carbocycles. The zero-order valence-corrected chi connectivity index (χ0v) is 12.6. The van der Waals surface area contributed by atoms with Crippen molar-refractivity contribution in [1.29, 1.82) is 0 Å². The Labute approximate surface area is 130 Å². The molecule has 0 unspecified atom stereocenters. The average molecular weight is 326 g/mol. The smallest absolute Gasteiger partial charge is 0.338 e. The number of ether oxygens (including phenoxy) is 1. The largest absolute Gasteiger partial charge is 0.482 e. The molecule has 1 aromatic heterocycles. The zero-order valence-electron chi connectivity index (χ0n) is 11.1. The molecule has 7 heteroatoms. The van der Waals surface area contributed by atoms with Gasteiger partial charge in [0, 0.05) is 4.88 Å². The number of benzene rings is 1. The summed E-state index contributed by atoms with van der Waals surface area (Å²) >= 11 is 7.11. The highest BCUT2D eigenvalue weighted by Gasteiger charge is 2.16. The quantitative estimate of drug-likeness (QED) is 0.883. The van der Waals surface area contributed by atoms with Gasteiger partial charge in [0.2, 0.25) is 0 Å². The van der Waals surface area contributed by atoms with Crippen LogP contribution in [0, 0.1) is 6.92 Å². The molecule has 110 valence electrons. The van der Waals surface area contributed by atoms with Gasteiger partial charge >= 0.3 is 5.97 Å². The maximum Gasteiger partial charge on any atom is 0.338 e. The number of para-hydroxylation sites is 1. The second-order valence-corrected chi connectivity index (χ2v) is 5.84. The number of aromatic carboxylic acids is 1. The maximum atomic E-state index is 11.8. The Bertz CT molecular complexity index is 683. The predicted molar refractivity (Wildman–Crippen MR) is 81.6 cm³/mol. The van der Waals surface area contributed by atoms with Gasteiger partial charge in [0.05, 0.1) is 10.6 Å². The predicted octanol–water partition coefficient (Wildman–Crippen LogP) is 3.43. The van der Waals surface area contributed by atoms with Crippen LogP contribution in [0.1, 0.15) is 15.2 Å². The van der Waals surface area contributed by atoms with E-state index < -0.39 is 11.9 Å². The van der Waals surface area contributed by atoms with E-state index in [4.69, 9.17) is 21.4 Å². The molecule has 0 bridgehead atoms. The van der Waals surface area contributed by atoms with Crippen LogP contribution < -0.4 is 10.1 Å². The van der Waals surface area contributed by atoms with Gasteiger partial charge in [-0.1, -0.05) is 23.7 Å². The molecule has 0 radical (unpaired) electrons. The minimum atomic E-state index is -1.08. The first-order valence-electron chi connectivity index (χ1n) is 5.98. The highest BCUT2D eigenvalue weighted by Crippen LogP contribution is 2.28. The standard InChI is InChI=1S/C14H12ClNO4S/c1-8-6-9(14(18)19)13(21-8)16-12(17)7-20-11-5-3-2-4-10(11)15/h2-6H,7H2,1H3,(H,16,17)(H,18,19). The van der Waals surface area contributed by atoms with Gasteiger partial charge < -0.3 is 15.2 Å². The summed E-state index contributed by atoms with van der Waals surface area (Å²) in [6, 6.07) is 8.30. The van der Waals surface area contributed by atoms with Crippen molar-refractivity contribution < 1.29 is 19.4 Å². The number of amides is 1. The average Bonchev–Trinajstić information content (AvgIpc) is 2.79. The van der Waals surface area contributed by atoms with Crippen LogP contribution in [-0.2, 0) is 4.79 Å². The van der Waals surface area contributed by atoms with E-state index in [9.17, 15) is 9.59 Å². The summed E-state index contributed by atoms with van der Waals surface area (Å²) in [6.07, 6.45) is 0. The number of carboxylic acid groups (broad SMARTS) is 1. The number of nitrogens with one attached hydrogen (secondary N) is 1. The Balaban J connectivity index is 1.99. The Kier molecular flexibility index (Phi) is 4.82. The molecular formula is C14H12ClNO4S. The van der Waals surface area contributed by atoms with E-state index in [1.54, 1.807) is 31.2 Å². The lowest BCUT2D eigenvalue weighted by Gasteiger charge is -2.08. The Morgan fingerprint density at radius 3 is 2.76 bits per heavy atom. The van der Waals surface area contributed by atoms with Crippen LogP contribution in [0.4, 0.5) is 5.00 Å². The first-order chi connectivity index (χ1) is 9.97. The van der Waals surface area contributed by atoms with Crippen molar-refractivity contribution in [2.24, 2.45) is 0 Å². The number of hydrogen-bond donors (Lipinski definition) is 2. The number of carbonyl (C=O) groups is 2. The number of thiophene rings is 1. The topological polar surface area (TPSA) is 75.6 Å². The summed E-state index contributed by atoms with van der Waals surface area (Å²) in [5.74, 6) is -1.13. The van der Waals surface area contributed by atoms with Crippen molar-refractivity contribution in [3.8, 4) is 5.75 Å².